The Morgan fingerprint density at radius 1 is 0.333 bits per heavy atom. The van der Waals surface area contributed by atoms with Gasteiger partial charge in [-0.3, -0.25) is 0 Å². The van der Waals surface area contributed by atoms with Gasteiger partial charge in [0.25, 0.3) is 0 Å². The molecule has 8 saturated carbocycles. The lowest BCUT2D eigenvalue weighted by Crippen LogP contribution is -2.55. The standard InChI is InChI=1S/C62H55N/c1-3-12-42(13-4-1)43-22-24-49(25-23-43)63(58-21-11-20-57-59(58)52-17-8-10-19-56(52)61(57)45-28-38-26-39(30-45)31-46(61)29-38)50-36-53(44-14-5-2-6-15-44)60-54(37-50)51-16-7-9-18-55(51)62(60)47-32-40-27-41(34-47)35-48(62)33-40/h1-25,36-41,45-48H,26-35H2. The van der Waals surface area contributed by atoms with E-state index in [0.29, 0.717) is 11.8 Å². The van der Waals surface area contributed by atoms with Crippen LogP contribution in [0.15, 0.2) is 164 Å². The van der Waals surface area contributed by atoms with Gasteiger partial charge < -0.3 is 4.90 Å². The Kier molecular flexibility index (Phi) is 7.36. The van der Waals surface area contributed by atoms with E-state index in [-0.39, 0.29) is 10.8 Å². The second-order valence-electron chi connectivity index (χ2n) is 21.7. The van der Waals surface area contributed by atoms with Crippen LogP contribution in [-0.2, 0) is 10.8 Å². The molecule has 10 aliphatic carbocycles. The lowest BCUT2D eigenvalue weighted by atomic mass is 9.42. The molecule has 1 heteroatoms. The molecule has 0 unspecified atom stereocenters. The number of hydrogen-bond donors (Lipinski definition) is 0. The van der Waals surface area contributed by atoms with Crippen LogP contribution in [0, 0.1) is 47.3 Å². The fourth-order valence-electron chi connectivity index (χ4n) is 17.5. The van der Waals surface area contributed by atoms with E-state index in [9.17, 15) is 0 Å². The third-order valence-corrected chi connectivity index (χ3v) is 19.0. The molecule has 8 bridgehead atoms. The lowest BCUT2D eigenvalue weighted by Gasteiger charge is -2.61. The first kappa shape index (κ1) is 35.8. The van der Waals surface area contributed by atoms with Crippen molar-refractivity contribution in [3.05, 3.63) is 186 Å². The van der Waals surface area contributed by atoms with Gasteiger partial charge in [-0.25, -0.2) is 0 Å². The highest BCUT2D eigenvalue weighted by atomic mass is 15.1. The molecule has 0 amide bonds. The maximum Gasteiger partial charge on any atom is 0.0543 e. The molecule has 0 N–H and O–H groups in total. The van der Waals surface area contributed by atoms with Crippen LogP contribution < -0.4 is 4.90 Å². The fraction of sp³-hybridized carbons (Fsp3) is 0.323. The van der Waals surface area contributed by atoms with E-state index in [1.54, 1.807) is 22.3 Å². The summed E-state index contributed by atoms with van der Waals surface area (Å²) in [7, 11) is 0. The summed E-state index contributed by atoms with van der Waals surface area (Å²) in [5.41, 5.74) is 21.7. The summed E-state index contributed by atoms with van der Waals surface area (Å²) < 4.78 is 0. The Morgan fingerprint density at radius 3 is 1.43 bits per heavy atom. The van der Waals surface area contributed by atoms with Crippen molar-refractivity contribution in [2.24, 2.45) is 47.3 Å². The van der Waals surface area contributed by atoms with Crippen LogP contribution >= 0.6 is 0 Å². The van der Waals surface area contributed by atoms with Crippen LogP contribution in [-0.4, -0.2) is 0 Å². The van der Waals surface area contributed by atoms with Gasteiger partial charge in [-0.1, -0.05) is 133 Å². The molecule has 2 spiro atoms. The Balaban J connectivity index is 1.00. The first-order valence-electron chi connectivity index (χ1n) is 24.7. The quantitative estimate of drug-likeness (QED) is 0.167. The summed E-state index contributed by atoms with van der Waals surface area (Å²) in [4.78, 5) is 2.69. The van der Waals surface area contributed by atoms with Gasteiger partial charge in [-0.05, 0) is 203 Å². The second kappa shape index (κ2) is 13.0. The minimum atomic E-state index is 0.0734. The summed E-state index contributed by atoms with van der Waals surface area (Å²) in [6, 6.07) is 64.2. The fourth-order valence-corrected chi connectivity index (χ4v) is 17.5. The predicted octanol–water partition coefficient (Wildman–Crippen LogP) is 15.9. The van der Waals surface area contributed by atoms with Crippen LogP contribution in [0.1, 0.15) is 86.5 Å². The Bertz CT molecular complexity index is 2920. The molecule has 17 rings (SSSR count). The molecule has 63 heavy (non-hydrogen) atoms. The monoisotopic (exact) mass is 813 g/mol. The highest BCUT2D eigenvalue weighted by Gasteiger charge is 2.64. The lowest BCUT2D eigenvalue weighted by molar-refractivity contribution is -0.0399. The van der Waals surface area contributed by atoms with Gasteiger partial charge in [0.1, 0.15) is 0 Å². The van der Waals surface area contributed by atoms with Gasteiger partial charge in [0, 0.05) is 27.8 Å². The van der Waals surface area contributed by atoms with Crippen LogP contribution in [0.3, 0.4) is 0 Å². The number of rotatable bonds is 5. The summed E-state index contributed by atoms with van der Waals surface area (Å²) >= 11 is 0. The molecule has 8 fully saturated rings. The molecule has 7 aromatic rings. The number of anilines is 3. The Hall–Kier alpha value is -5.66. The molecule has 308 valence electrons. The molecule has 0 radical (unpaired) electrons. The zero-order valence-corrected chi connectivity index (χ0v) is 36.2. The summed E-state index contributed by atoms with van der Waals surface area (Å²) in [6.45, 7) is 0. The first-order chi connectivity index (χ1) is 31.2. The largest absolute Gasteiger partial charge is 0.310 e. The predicted molar refractivity (Wildman–Crippen MR) is 259 cm³/mol. The van der Waals surface area contributed by atoms with Crippen LogP contribution in [0.5, 0.6) is 0 Å². The van der Waals surface area contributed by atoms with E-state index in [1.165, 1.54) is 126 Å². The molecular formula is C62H55N. The normalized spacial score (nSPS) is 31.6. The molecule has 0 aromatic heterocycles. The third kappa shape index (κ3) is 4.69. The summed E-state index contributed by atoms with van der Waals surface area (Å²) in [5, 5.41) is 0. The van der Waals surface area contributed by atoms with E-state index >= 15 is 0 Å². The van der Waals surface area contributed by atoms with Crippen molar-refractivity contribution in [2.75, 3.05) is 4.90 Å². The maximum atomic E-state index is 2.69. The van der Waals surface area contributed by atoms with Crippen LogP contribution in [0.25, 0.3) is 44.5 Å². The highest BCUT2D eigenvalue weighted by Crippen LogP contribution is 2.73. The Morgan fingerprint density at radius 2 is 0.810 bits per heavy atom. The van der Waals surface area contributed by atoms with Gasteiger partial charge in [0.2, 0.25) is 0 Å². The number of hydrogen-bond acceptors (Lipinski definition) is 1. The Labute approximate surface area is 373 Å². The van der Waals surface area contributed by atoms with E-state index in [2.05, 4.69) is 169 Å². The average molecular weight is 814 g/mol. The number of fused-ring (bicyclic) bond motifs is 6. The molecule has 0 aliphatic heterocycles. The van der Waals surface area contributed by atoms with Gasteiger partial charge in [-0.2, -0.15) is 0 Å². The van der Waals surface area contributed by atoms with E-state index < -0.39 is 0 Å². The minimum absolute atomic E-state index is 0.0734. The molecule has 0 atom stereocenters. The van der Waals surface area contributed by atoms with Crippen molar-refractivity contribution in [2.45, 2.75) is 75.0 Å². The van der Waals surface area contributed by atoms with Crippen molar-refractivity contribution in [3.63, 3.8) is 0 Å². The molecule has 0 saturated heterocycles. The summed E-state index contributed by atoms with van der Waals surface area (Å²) in [5.74, 6) is 6.51. The van der Waals surface area contributed by atoms with Crippen molar-refractivity contribution >= 4 is 17.1 Å². The van der Waals surface area contributed by atoms with Gasteiger partial charge >= 0.3 is 0 Å². The molecule has 1 nitrogen and oxygen atoms in total. The van der Waals surface area contributed by atoms with Crippen molar-refractivity contribution in [1.29, 1.82) is 0 Å². The van der Waals surface area contributed by atoms with Crippen molar-refractivity contribution in [1.82, 2.24) is 0 Å². The van der Waals surface area contributed by atoms with E-state index in [1.807, 2.05) is 0 Å². The van der Waals surface area contributed by atoms with Crippen molar-refractivity contribution < 1.29 is 0 Å². The SMILES string of the molecule is c1ccc(-c2ccc(N(c3cc(-c4ccccc4)c4c(c3)-c3ccccc3C43C4CC5CC(C4)CC3C5)c3cccc4c3-c3ccccc3C43C4CC5CC(C4)CC3C5)cc2)cc1. The first-order valence-corrected chi connectivity index (χ1v) is 24.7. The van der Waals surface area contributed by atoms with Crippen molar-refractivity contribution in [3.8, 4) is 44.5 Å². The smallest absolute Gasteiger partial charge is 0.0543 e. The van der Waals surface area contributed by atoms with Gasteiger partial charge in [-0.15, -0.1) is 0 Å². The molecular weight excluding hydrogens is 759 g/mol. The summed E-state index contributed by atoms with van der Waals surface area (Å²) in [6.07, 6.45) is 14.1. The van der Waals surface area contributed by atoms with Crippen LogP contribution in [0.2, 0.25) is 0 Å². The minimum Gasteiger partial charge on any atom is -0.310 e. The molecule has 10 aliphatic rings. The van der Waals surface area contributed by atoms with Crippen LogP contribution in [0.4, 0.5) is 17.1 Å². The average Bonchev–Trinajstić information content (AvgIpc) is 3.79. The number of benzene rings is 7. The number of nitrogens with zero attached hydrogens (tertiary/aromatic N) is 1. The maximum absolute atomic E-state index is 2.69. The zero-order valence-electron chi connectivity index (χ0n) is 36.2. The third-order valence-electron chi connectivity index (χ3n) is 19.0. The zero-order chi connectivity index (χ0) is 41.0. The van der Waals surface area contributed by atoms with Gasteiger partial charge in [0.05, 0.1) is 5.69 Å². The van der Waals surface area contributed by atoms with E-state index in [0.717, 1.165) is 35.5 Å². The topological polar surface area (TPSA) is 3.24 Å². The molecule has 0 heterocycles. The van der Waals surface area contributed by atoms with E-state index in [4.69, 9.17) is 0 Å². The second-order valence-corrected chi connectivity index (χ2v) is 21.7. The van der Waals surface area contributed by atoms with Gasteiger partial charge in [0.15, 0.2) is 0 Å². The molecule has 7 aromatic carbocycles. The highest BCUT2D eigenvalue weighted by molar-refractivity contribution is 5.99.